The number of nitrogen functional groups attached to an aromatic ring is 1. The van der Waals surface area contributed by atoms with E-state index in [2.05, 4.69) is 4.72 Å². The molecular weight excluding hydrogens is 284 g/mol. The highest BCUT2D eigenvalue weighted by Crippen LogP contribution is 2.26. The molecule has 0 radical (unpaired) electrons. The average molecular weight is 304 g/mol. The minimum atomic E-state index is -3.60. The number of aryl methyl sites for hydroxylation is 2. The fraction of sp³-hybridized carbons (Fsp3) is 0.250. The summed E-state index contributed by atoms with van der Waals surface area (Å²) in [6, 6.07) is 12.0. The Balaban J connectivity index is 2.43. The van der Waals surface area contributed by atoms with Gasteiger partial charge < -0.3 is 5.73 Å². The van der Waals surface area contributed by atoms with Crippen molar-refractivity contribution in [2.24, 2.45) is 0 Å². The third-order valence-corrected chi connectivity index (χ3v) is 4.79. The van der Waals surface area contributed by atoms with Crippen LogP contribution < -0.4 is 10.5 Å². The molecule has 0 fully saturated rings. The highest BCUT2D eigenvalue weighted by Gasteiger charge is 2.17. The van der Waals surface area contributed by atoms with Gasteiger partial charge in [-0.1, -0.05) is 32.0 Å². The van der Waals surface area contributed by atoms with E-state index in [-0.39, 0.29) is 4.90 Å². The van der Waals surface area contributed by atoms with E-state index in [1.54, 1.807) is 12.1 Å². The van der Waals surface area contributed by atoms with Gasteiger partial charge in [0.2, 0.25) is 0 Å². The molecule has 0 saturated carbocycles. The smallest absolute Gasteiger partial charge is 0.261 e. The second kappa shape index (κ2) is 6.18. The van der Waals surface area contributed by atoms with Gasteiger partial charge in [-0.15, -0.1) is 0 Å². The van der Waals surface area contributed by atoms with Crippen molar-refractivity contribution in [3.05, 3.63) is 53.6 Å². The van der Waals surface area contributed by atoms with Crippen LogP contribution in [0.5, 0.6) is 0 Å². The van der Waals surface area contributed by atoms with Gasteiger partial charge in [-0.2, -0.15) is 0 Å². The van der Waals surface area contributed by atoms with Crippen LogP contribution in [0.2, 0.25) is 0 Å². The van der Waals surface area contributed by atoms with E-state index in [9.17, 15) is 8.42 Å². The highest BCUT2D eigenvalue weighted by molar-refractivity contribution is 7.92. The summed E-state index contributed by atoms with van der Waals surface area (Å²) >= 11 is 0. The molecule has 5 heteroatoms. The van der Waals surface area contributed by atoms with E-state index in [1.165, 1.54) is 12.1 Å². The number of nitrogens with one attached hydrogen (secondary N) is 1. The number of benzene rings is 2. The van der Waals surface area contributed by atoms with Gasteiger partial charge in [0.15, 0.2) is 0 Å². The Bertz CT molecular complexity index is 700. The molecule has 0 atom stereocenters. The second-order valence-electron chi connectivity index (χ2n) is 4.83. The summed E-state index contributed by atoms with van der Waals surface area (Å²) in [5, 5.41) is 0. The predicted octanol–water partition coefficient (Wildman–Crippen LogP) is 3.19. The minimum Gasteiger partial charge on any atom is -0.399 e. The third kappa shape index (κ3) is 3.36. The number of anilines is 2. The number of rotatable bonds is 5. The zero-order chi connectivity index (χ0) is 15.5. The van der Waals surface area contributed by atoms with Gasteiger partial charge in [0.25, 0.3) is 10.0 Å². The Morgan fingerprint density at radius 1 is 0.952 bits per heavy atom. The van der Waals surface area contributed by atoms with Crippen LogP contribution in [0.25, 0.3) is 0 Å². The molecule has 0 aliphatic heterocycles. The van der Waals surface area contributed by atoms with Crippen LogP contribution in [-0.2, 0) is 22.9 Å². The summed E-state index contributed by atoms with van der Waals surface area (Å²) in [6.07, 6.45) is 1.54. The van der Waals surface area contributed by atoms with Crippen LogP contribution >= 0.6 is 0 Å². The van der Waals surface area contributed by atoms with Gasteiger partial charge in [0.05, 0.1) is 10.6 Å². The van der Waals surface area contributed by atoms with Crippen LogP contribution in [0.3, 0.4) is 0 Å². The quantitative estimate of drug-likeness (QED) is 0.833. The third-order valence-electron chi connectivity index (χ3n) is 3.43. The predicted molar refractivity (Wildman–Crippen MR) is 86.9 cm³/mol. The lowest BCUT2D eigenvalue weighted by atomic mass is 10.0. The van der Waals surface area contributed by atoms with Gasteiger partial charge >= 0.3 is 0 Å². The molecule has 2 aromatic carbocycles. The van der Waals surface area contributed by atoms with E-state index in [0.29, 0.717) is 11.4 Å². The molecule has 0 aromatic heterocycles. The Morgan fingerprint density at radius 3 is 1.95 bits per heavy atom. The van der Waals surface area contributed by atoms with Gasteiger partial charge in [0.1, 0.15) is 0 Å². The SMILES string of the molecule is CCc1cccc(CC)c1NS(=O)(=O)c1ccc(N)cc1. The van der Waals surface area contributed by atoms with E-state index in [4.69, 9.17) is 5.73 Å². The molecule has 0 amide bonds. The molecule has 4 nitrogen and oxygen atoms in total. The van der Waals surface area contributed by atoms with Crippen molar-refractivity contribution in [2.45, 2.75) is 31.6 Å². The summed E-state index contributed by atoms with van der Waals surface area (Å²) in [6.45, 7) is 4.02. The number of nitrogens with two attached hydrogens (primary N) is 1. The summed E-state index contributed by atoms with van der Waals surface area (Å²) in [5.74, 6) is 0. The lowest BCUT2D eigenvalue weighted by Gasteiger charge is -2.15. The highest BCUT2D eigenvalue weighted by atomic mass is 32.2. The monoisotopic (exact) mass is 304 g/mol. The van der Waals surface area contributed by atoms with E-state index < -0.39 is 10.0 Å². The largest absolute Gasteiger partial charge is 0.399 e. The van der Waals surface area contributed by atoms with Crippen LogP contribution in [0.15, 0.2) is 47.4 Å². The van der Waals surface area contributed by atoms with Crippen LogP contribution in [-0.4, -0.2) is 8.42 Å². The molecule has 0 heterocycles. The van der Waals surface area contributed by atoms with Crippen molar-refractivity contribution >= 4 is 21.4 Å². The Labute approximate surface area is 126 Å². The first-order valence-electron chi connectivity index (χ1n) is 6.97. The molecule has 0 unspecified atom stereocenters. The molecule has 112 valence electrons. The summed E-state index contributed by atoms with van der Waals surface area (Å²) in [7, 11) is -3.60. The number of sulfonamides is 1. The Kier molecular flexibility index (Phi) is 4.53. The zero-order valence-electron chi connectivity index (χ0n) is 12.3. The summed E-state index contributed by atoms with van der Waals surface area (Å²) in [4.78, 5) is 0.213. The fourth-order valence-corrected chi connectivity index (χ4v) is 3.36. The van der Waals surface area contributed by atoms with Crippen molar-refractivity contribution in [3.63, 3.8) is 0 Å². The van der Waals surface area contributed by atoms with Gasteiger partial charge in [0, 0.05) is 5.69 Å². The normalized spacial score (nSPS) is 11.3. The number of hydrogen-bond acceptors (Lipinski definition) is 3. The average Bonchev–Trinajstić information content (AvgIpc) is 2.47. The maximum atomic E-state index is 12.5. The lowest BCUT2D eigenvalue weighted by molar-refractivity contribution is 0.601. The summed E-state index contributed by atoms with van der Waals surface area (Å²) in [5.41, 5.74) is 8.82. The van der Waals surface area contributed by atoms with E-state index in [0.717, 1.165) is 24.0 Å². The molecule has 21 heavy (non-hydrogen) atoms. The molecule has 3 N–H and O–H groups in total. The maximum Gasteiger partial charge on any atom is 0.261 e. The molecule has 0 aliphatic rings. The van der Waals surface area contributed by atoms with Crippen molar-refractivity contribution in [3.8, 4) is 0 Å². The van der Waals surface area contributed by atoms with Gasteiger partial charge in [-0.3, -0.25) is 4.72 Å². The Hall–Kier alpha value is -2.01. The van der Waals surface area contributed by atoms with Gasteiger partial charge in [-0.05, 0) is 48.2 Å². The van der Waals surface area contributed by atoms with Crippen LogP contribution in [0.1, 0.15) is 25.0 Å². The topological polar surface area (TPSA) is 72.2 Å². The standard InChI is InChI=1S/C16H20N2O2S/c1-3-12-6-5-7-13(4-2)16(12)18-21(19,20)15-10-8-14(17)9-11-15/h5-11,18H,3-4,17H2,1-2H3. The second-order valence-corrected chi connectivity index (χ2v) is 6.52. The molecule has 0 saturated heterocycles. The van der Waals surface area contributed by atoms with Gasteiger partial charge in [-0.25, -0.2) is 8.42 Å². The molecule has 2 rings (SSSR count). The molecular formula is C16H20N2O2S. The minimum absolute atomic E-state index is 0.213. The number of para-hydroxylation sites is 1. The first-order valence-corrected chi connectivity index (χ1v) is 8.45. The van der Waals surface area contributed by atoms with E-state index in [1.807, 2.05) is 32.0 Å². The first-order chi connectivity index (χ1) is 9.97. The summed E-state index contributed by atoms with van der Waals surface area (Å²) < 4.78 is 27.7. The van der Waals surface area contributed by atoms with Crippen LogP contribution in [0.4, 0.5) is 11.4 Å². The molecule has 0 spiro atoms. The Morgan fingerprint density at radius 2 is 1.48 bits per heavy atom. The van der Waals surface area contributed by atoms with E-state index >= 15 is 0 Å². The van der Waals surface area contributed by atoms with Crippen molar-refractivity contribution in [2.75, 3.05) is 10.5 Å². The molecule has 0 aliphatic carbocycles. The lowest BCUT2D eigenvalue weighted by Crippen LogP contribution is -2.15. The molecule has 2 aromatic rings. The first kappa shape index (κ1) is 15.4. The fourth-order valence-electron chi connectivity index (χ4n) is 2.21. The zero-order valence-corrected chi connectivity index (χ0v) is 13.1. The van der Waals surface area contributed by atoms with Crippen molar-refractivity contribution < 1.29 is 8.42 Å². The maximum absolute atomic E-state index is 12.5. The van der Waals surface area contributed by atoms with Crippen molar-refractivity contribution in [1.82, 2.24) is 0 Å². The molecule has 0 bridgehead atoms. The number of hydrogen-bond donors (Lipinski definition) is 2. The van der Waals surface area contributed by atoms with Crippen molar-refractivity contribution in [1.29, 1.82) is 0 Å². The van der Waals surface area contributed by atoms with Crippen LogP contribution in [0, 0.1) is 0 Å².